The average Bonchev–Trinajstić information content (AvgIpc) is 2.64. The van der Waals surface area contributed by atoms with Crippen molar-refractivity contribution >= 4 is 0 Å². The first-order valence-corrected chi connectivity index (χ1v) is 6.75. The van der Waals surface area contributed by atoms with E-state index >= 15 is 0 Å². The van der Waals surface area contributed by atoms with Gasteiger partial charge in [-0.05, 0) is 25.3 Å². The Bertz CT molecular complexity index is 185. The lowest BCUT2D eigenvalue weighted by Crippen LogP contribution is -2.45. The molecule has 0 bridgehead atoms. The van der Waals surface area contributed by atoms with Crippen molar-refractivity contribution in [3.8, 4) is 0 Å². The van der Waals surface area contributed by atoms with Crippen molar-refractivity contribution in [3.63, 3.8) is 0 Å². The summed E-state index contributed by atoms with van der Waals surface area (Å²) in [4.78, 5) is 2.50. The van der Waals surface area contributed by atoms with Crippen LogP contribution in [-0.2, 0) is 0 Å². The van der Waals surface area contributed by atoms with Gasteiger partial charge in [0.2, 0.25) is 0 Å². The van der Waals surface area contributed by atoms with Crippen molar-refractivity contribution in [2.75, 3.05) is 26.2 Å². The van der Waals surface area contributed by atoms with Gasteiger partial charge in [-0.3, -0.25) is 0 Å². The van der Waals surface area contributed by atoms with Gasteiger partial charge in [-0.25, -0.2) is 0 Å². The van der Waals surface area contributed by atoms with Crippen LogP contribution in [0.2, 0.25) is 0 Å². The zero-order valence-electron chi connectivity index (χ0n) is 11.1. The lowest BCUT2D eigenvalue weighted by molar-refractivity contribution is 0.189. The highest BCUT2D eigenvalue weighted by Crippen LogP contribution is 2.20. The molecule has 1 aliphatic heterocycles. The van der Waals surface area contributed by atoms with E-state index in [1.165, 1.54) is 32.4 Å². The molecule has 0 aromatic carbocycles. The Morgan fingerprint density at radius 1 is 1.44 bits per heavy atom. The molecule has 16 heavy (non-hydrogen) atoms. The van der Waals surface area contributed by atoms with Crippen LogP contribution >= 0.6 is 0 Å². The van der Waals surface area contributed by atoms with E-state index in [-0.39, 0.29) is 12.6 Å². The van der Waals surface area contributed by atoms with Crippen LogP contribution in [0.4, 0.5) is 0 Å². The standard InChI is InChI=1S/C13H28N2O/c1-4-5-12-6-7-15(8-12)9-13(10-16)14-11(2)3/h11-14,16H,4-10H2,1-3H3. The van der Waals surface area contributed by atoms with Gasteiger partial charge in [0.05, 0.1) is 6.61 Å². The number of nitrogens with one attached hydrogen (secondary N) is 1. The van der Waals surface area contributed by atoms with Gasteiger partial charge in [0.25, 0.3) is 0 Å². The van der Waals surface area contributed by atoms with Gasteiger partial charge in [-0.1, -0.05) is 27.2 Å². The van der Waals surface area contributed by atoms with E-state index in [9.17, 15) is 5.11 Å². The minimum atomic E-state index is 0.236. The zero-order valence-corrected chi connectivity index (χ0v) is 11.1. The van der Waals surface area contributed by atoms with Gasteiger partial charge in [0, 0.05) is 25.2 Å². The van der Waals surface area contributed by atoms with E-state index in [1.54, 1.807) is 0 Å². The predicted octanol–water partition coefficient (Wildman–Crippen LogP) is 1.47. The maximum absolute atomic E-state index is 9.32. The quantitative estimate of drug-likeness (QED) is 0.692. The number of nitrogens with zero attached hydrogens (tertiary/aromatic N) is 1. The molecular weight excluding hydrogens is 200 g/mol. The lowest BCUT2D eigenvalue weighted by Gasteiger charge is -2.25. The van der Waals surface area contributed by atoms with Crippen LogP contribution in [0.25, 0.3) is 0 Å². The van der Waals surface area contributed by atoms with Gasteiger partial charge < -0.3 is 15.3 Å². The van der Waals surface area contributed by atoms with Crippen LogP contribution in [0, 0.1) is 5.92 Å². The average molecular weight is 228 g/mol. The molecule has 0 radical (unpaired) electrons. The maximum atomic E-state index is 9.32. The number of likely N-dealkylation sites (tertiary alicyclic amines) is 1. The molecule has 0 amide bonds. The van der Waals surface area contributed by atoms with Crippen LogP contribution in [0.5, 0.6) is 0 Å². The minimum Gasteiger partial charge on any atom is -0.395 e. The number of hydrogen-bond donors (Lipinski definition) is 2. The normalized spacial score (nSPS) is 24.2. The van der Waals surface area contributed by atoms with E-state index in [2.05, 4.69) is 31.0 Å². The molecule has 1 heterocycles. The summed E-state index contributed by atoms with van der Waals surface area (Å²) in [7, 11) is 0. The first-order chi connectivity index (χ1) is 7.65. The summed E-state index contributed by atoms with van der Waals surface area (Å²) in [5.41, 5.74) is 0. The fourth-order valence-electron chi connectivity index (χ4n) is 2.67. The molecule has 96 valence electrons. The molecule has 3 heteroatoms. The predicted molar refractivity (Wildman–Crippen MR) is 68.6 cm³/mol. The Morgan fingerprint density at radius 3 is 2.75 bits per heavy atom. The SMILES string of the molecule is CCCC1CCN(CC(CO)NC(C)C)C1. The van der Waals surface area contributed by atoms with E-state index in [1.807, 2.05) is 0 Å². The number of hydrogen-bond acceptors (Lipinski definition) is 3. The molecule has 0 aromatic heterocycles. The van der Waals surface area contributed by atoms with E-state index in [0.29, 0.717) is 6.04 Å². The van der Waals surface area contributed by atoms with Crippen LogP contribution in [0.3, 0.4) is 0 Å². The van der Waals surface area contributed by atoms with Gasteiger partial charge in [0.1, 0.15) is 0 Å². The largest absolute Gasteiger partial charge is 0.395 e. The molecule has 1 saturated heterocycles. The molecule has 0 aliphatic carbocycles. The molecule has 1 fully saturated rings. The maximum Gasteiger partial charge on any atom is 0.0597 e. The second-order valence-electron chi connectivity index (χ2n) is 5.40. The van der Waals surface area contributed by atoms with E-state index < -0.39 is 0 Å². The number of aliphatic hydroxyl groups is 1. The van der Waals surface area contributed by atoms with E-state index in [0.717, 1.165) is 12.5 Å². The Kier molecular flexibility index (Phi) is 6.32. The summed E-state index contributed by atoms with van der Waals surface area (Å²) in [6.45, 7) is 10.2. The molecule has 0 spiro atoms. The molecular formula is C13H28N2O. The Hall–Kier alpha value is -0.120. The third-order valence-corrected chi connectivity index (χ3v) is 3.33. The number of aliphatic hydroxyl groups excluding tert-OH is 1. The van der Waals surface area contributed by atoms with Crippen molar-refractivity contribution in [1.82, 2.24) is 10.2 Å². The smallest absolute Gasteiger partial charge is 0.0597 e. The molecule has 1 aliphatic rings. The first-order valence-electron chi connectivity index (χ1n) is 6.75. The van der Waals surface area contributed by atoms with Gasteiger partial charge in [-0.15, -0.1) is 0 Å². The van der Waals surface area contributed by atoms with Gasteiger partial charge >= 0.3 is 0 Å². The zero-order chi connectivity index (χ0) is 12.0. The van der Waals surface area contributed by atoms with Crippen LogP contribution < -0.4 is 5.32 Å². The fraction of sp³-hybridized carbons (Fsp3) is 1.00. The van der Waals surface area contributed by atoms with Crippen molar-refractivity contribution in [2.24, 2.45) is 5.92 Å². The second kappa shape index (κ2) is 7.25. The highest BCUT2D eigenvalue weighted by atomic mass is 16.3. The summed E-state index contributed by atoms with van der Waals surface area (Å²) >= 11 is 0. The van der Waals surface area contributed by atoms with Crippen LogP contribution in [0.1, 0.15) is 40.0 Å². The highest BCUT2D eigenvalue weighted by molar-refractivity contribution is 4.80. The van der Waals surface area contributed by atoms with Gasteiger partial charge in [-0.2, -0.15) is 0 Å². The third kappa shape index (κ3) is 4.81. The molecule has 1 rings (SSSR count). The van der Waals surface area contributed by atoms with Crippen LogP contribution in [0.15, 0.2) is 0 Å². The molecule has 0 aromatic rings. The Morgan fingerprint density at radius 2 is 2.19 bits per heavy atom. The van der Waals surface area contributed by atoms with Crippen LogP contribution in [-0.4, -0.2) is 48.3 Å². The fourth-order valence-corrected chi connectivity index (χ4v) is 2.67. The third-order valence-electron chi connectivity index (χ3n) is 3.33. The molecule has 3 nitrogen and oxygen atoms in total. The lowest BCUT2D eigenvalue weighted by atomic mass is 10.0. The Balaban J connectivity index is 2.25. The summed E-state index contributed by atoms with van der Waals surface area (Å²) < 4.78 is 0. The minimum absolute atomic E-state index is 0.236. The first kappa shape index (κ1) is 13.9. The molecule has 2 N–H and O–H groups in total. The molecule has 2 atom stereocenters. The Labute approximate surface area is 100 Å². The summed E-state index contributed by atoms with van der Waals surface area (Å²) in [6.07, 6.45) is 4.00. The highest BCUT2D eigenvalue weighted by Gasteiger charge is 2.23. The van der Waals surface area contributed by atoms with Gasteiger partial charge in [0.15, 0.2) is 0 Å². The molecule has 0 saturated carbocycles. The summed E-state index contributed by atoms with van der Waals surface area (Å²) in [5.74, 6) is 0.892. The van der Waals surface area contributed by atoms with Crippen molar-refractivity contribution in [3.05, 3.63) is 0 Å². The number of rotatable bonds is 7. The van der Waals surface area contributed by atoms with Crippen molar-refractivity contribution in [1.29, 1.82) is 0 Å². The molecule has 2 unspecified atom stereocenters. The van der Waals surface area contributed by atoms with E-state index in [4.69, 9.17) is 0 Å². The summed E-state index contributed by atoms with van der Waals surface area (Å²) in [5, 5.41) is 12.7. The second-order valence-corrected chi connectivity index (χ2v) is 5.40. The van der Waals surface area contributed by atoms with Crippen molar-refractivity contribution in [2.45, 2.75) is 52.1 Å². The summed E-state index contributed by atoms with van der Waals surface area (Å²) in [6, 6.07) is 0.687. The topological polar surface area (TPSA) is 35.5 Å². The van der Waals surface area contributed by atoms with Crippen molar-refractivity contribution < 1.29 is 5.11 Å². The monoisotopic (exact) mass is 228 g/mol.